The van der Waals surface area contributed by atoms with Crippen LogP contribution in [0.3, 0.4) is 0 Å². The molecule has 2 aromatic rings. The zero-order valence-corrected chi connectivity index (χ0v) is 13.9. The number of pyridine rings is 1. The van der Waals surface area contributed by atoms with Gasteiger partial charge in [-0.15, -0.1) is 6.58 Å². The molecule has 0 bridgehead atoms. The molecule has 0 aliphatic carbocycles. The summed E-state index contributed by atoms with van der Waals surface area (Å²) in [6, 6.07) is 11.8. The third-order valence-electron chi connectivity index (χ3n) is 3.42. The van der Waals surface area contributed by atoms with Gasteiger partial charge in [-0.3, -0.25) is 4.79 Å². The first-order valence-corrected chi connectivity index (χ1v) is 7.63. The minimum absolute atomic E-state index is 0.0432. The lowest BCUT2D eigenvalue weighted by Crippen LogP contribution is -2.24. The summed E-state index contributed by atoms with van der Waals surface area (Å²) in [6.45, 7) is 10.5. The Morgan fingerprint density at radius 2 is 1.96 bits per heavy atom. The van der Waals surface area contributed by atoms with Crippen LogP contribution in [0.2, 0.25) is 0 Å². The van der Waals surface area contributed by atoms with Gasteiger partial charge < -0.3 is 10.6 Å². The van der Waals surface area contributed by atoms with Gasteiger partial charge in [-0.2, -0.15) is 0 Å². The highest BCUT2D eigenvalue weighted by Gasteiger charge is 2.17. The second-order valence-corrected chi connectivity index (χ2v) is 6.35. The Bertz CT molecular complexity index is 685. The normalized spacial score (nSPS) is 10.9. The van der Waals surface area contributed by atoms with E-state index in [0.29, 0.717) is 12.2 Å². The summed E-state index contributed by atoms with van der Waals surface area (Å²) in [5, 5.41) is 6.08. The molecule has 0 atom stereocenters. The molecule has 2 N–H and O–H groups in total. The summed E-state index contributed by atoms with van der Waals surface area (Å²) >= 11 is 0. The molecule has 120 valence electrons. The van der Waals surface area contributed by atoms with Crippen LogP contribution in [0, 0.1) is 0 Å². The van der Waals surface area contributed by atoms with Gasteiger partial charge in [0.25, 0.3) is 5.91 Å². The molecule has 0 aliphatic heterocycles. The van der Waals surface area contributed by atoms with Gasteiger partial charge >= 0.3 is 0 Å². The van der Waals surface area contributed by atoms with Crippen molar-refractivity contribution in [1.29, 1.82) is 0 Å². The Morgan fingerprint density at radius 3 is 2.57 bits per heavy atom. The third-order valence-corrected chi connectivity index (χ3v) is 3.42. The monoisotopic (exact) mass is 309 g/mol. The van der Waals surface area contributed by atoms with Crippen molar-refractivity contribution in [2.45, 2.75) is 26.2 Å². The summed E-state index contributed by atoms with van der Waals surface area (Å²) < 4.78 is 0. The molecule has 23 heavy (non-hydrogen) atoms. The van der Waals surface area contributed by atoms with Crippen molar-refractivity contribution < 1.29 is 4.79 Å². The summed E-state index contributed by atoms with van der Waals surface area (Å²) in [5.74, 6) is -0.202. The number of amides is 1. The van der Waals surface area contributed by atoms with E-state index in [9.17, 15) is 4.79 Å². The fraction of sp³-hybridized carbons (Fsp3) is 0.263. The fourth-order valence-electron chi connectivity index (χ4n) is 2.26. The van der Waals surface area contributed by atoms with Crippen LogP contribution in [-0.2, 0) is 5.41 Å². The molecule has 1 aromatic heterocycles. The van der Waals surface area contributed by atoms with E-state index < -0.39 is 0 Å². The lowest BCUT2D eigenvalue weighted by atomic mass is 9.86. The predicted octanol–water partition coefficient (Wildman–Crippen LogP) is 4.04. The second kappa shape index (κ2) is 7.09. The molecule has 4 heteroatoms. The maximum atomic E-state index is 11.8. The van der Waals surface area contributed by atoms with Crippen LogP contribution in [-0.4, -0.2) is 17.4 Å². The van der Waals surface area contributed by atoms with Gasteiger partial charge in [0.1, 0.15) is 5.69 Å². The minimum atomic E-state index is -0.202. The van der Waals surface area contributed by atoms with Crippen LogP contribution in [0.1, 0.15) is 36.8 Å². The Morgan fingerprint density at radius 1 is 1.22 bits per heavy atom. The van der Waals surface area contributed by atoms with Gasteiger partial charge in [0.2, 0.25) is 0 Å². The van der Waals surface area contributed by atoms with E-state index >= 15 is 0 Å². The molecule has 0 saturated carbocycles. The molecule has 4 nitrogen and oxygen atoms in total. The highest BCUT2D eigenvalue weighted by Crippen LogP contribution is 2.31. The lowest BCUT2D eigenvalue weighted by Gasteiger charge is -2.23. The van der Waals surface area contributed by atoms with Gasteiger partial charge in [0.05, 0.1) is 11.9 Å². The van der Waals surface area contributed by atoms with Crippen molar-refractivity contribution in [1.82, 2.24) is 10.3 Å². The van der Waals surface area contributed by atoms with Gasteiger partial charge in [0.15, 0.2) is 0 Å². The average Bonchev–Trinajstić information content (AvgIpc) is 2.53. The van der Waals surface area contributed by atoms with E-state index in [-0.39, 0.29) is 11.3 Å². The van der Waals surface area contributed by atoms with E-state index in [0.717, 1.165) is 11.4 Å². The summed E-state index contributed by atoms with van der Waals surface area (Å²) in [5.41, 5.74) is 3.56. The van der Waals surface area contributed by atoms with Crippen molar-refractivity contribution in [2.75, 3.05) is 11.9 Å². The molecule has 0 unspecified atom stereocenters. The predicted molar refractivity (Wildman–Crippen MR) is 95.2 cm³/mol. The van der Waals surface area contributed by atoms with Gasteiger partial charge in [-0.05, 0) is 29.2 Å². The highest BCUT2D eigenvalue weighted by molar-refractivity contribution is 5.92. The third kappa shape index (κ3) is 4.42. The molecule has 1 amide bonds. The number of anilines is 2. The Kier molecular flexibility index (Phi) is 5.16. The zero-order valence-electron chi connectivity index (χ0n) is 13.9. The number of hydrogen-bond acceptors (Lipinski definition) is 3. The van der Waals surface area contributed by atoms with E-state index in [2.05, 4.69) is 49.0 Å². The molecule has 1 aromatic carbocycles. The molecule has 0 spiro atoms. The quantitative estimate of drug-likeness (QED) is 0.820. The SMILES string of the molecule is C=CCNC(=O)c1ccc(Nc2ccccc2C(C)(C)C)cn1. The number of hydrogen-bond donors (Lipinski definition) is 2. The number of carbonyl (C=O) groups excluding carboxylic acids is 1. The van der Waals surface area contributed by atoms with Crippen LogP contribution >= 0.6 is 0 Å². The highest BCUT2D eigenvalue weighted by atomic mass is 16.1. The molecular weight excluding hydrogens is 286 g/mol. The Hall–Kier alpha value is -2.62. The molecule has 2 rings (SSSR count). The minimum Gasteiger partial charge on any atom is -0.354 e. The van der Waals surface area contributed by atoms with Crippen LogP contribution in [0.25, 0.3) is 0 Å². The number of aromatic nitrogens is 1. The summed E-state index contributed by atoms with van der Waals surface area (Å²) in [4.78, 5) is 16.0. The topological polar surface area (TPSA) is 54.0 Å². The van der Waals surface area contributed by atoms with Crippen LogP contribution < -0.4 is 10.6 Å². The summed E-state index contributed by atoms with van der Waals surface area (Å²) in [7, 11) is 0. The number of nitrogens with one attached hydrogen (secondary N) is 2. The number of nitrogens with zero attached hydrogens (tertiary/aromatic N) is 1. The molecule has 1 heterocycles. The first kappa shape index (κ1) is 16.7. The number of benzene rings is 1. The van der Waals surface area contributed by atoms with Crippen molar-refractivity contribution in [3.63, 3.8) is 0 Å². The van der Waals surface area contributed by atoms with Gasteiger partial charge in [-0.25, -0.2) is 4.98 Å². The fourth-order valence-corrected chi connectivity index (χ4v) is 2.26. The van der Waals surface area contributed by atoms with E-state index in [4.69, 9.17) is 0 Å². The second-order valence-electron chi connectivity index (χ2n) is 6.35. The maximum absolute atomic E-state index is 11.8. The molecule has 0 fully saturated rings. The zero-order chi connectivity index (χ0) is 16.9. The van der Waals surface area contributed by atoms with Crippen LogP contribution in [0.15, 0.2) is 55.3 Å². The first-order chi connectivity index (χ1) is 10.9. The van der Waals surface area contributed by atoms with E-state index in [1.807, 2.05) is 24.3 Å². The summed E-state index contributed by atoms with van der Waals surface area (Å²) in [6.07, 6.45) is 3.31. The largest absolute Gasteiger partial charge is 0.354 e. The van der Waals surface area contributed by atoms with Gasteiger partial charge in [-0.1, -0.05) is 45.0 Å². The molecule has 0 saturated heterocycles. The molecule has 0 radical (unpaired) electrons. The molecule has 0 aliphatic rings. The van der Waals surface area contributed by atoms with Crippen molar-refractivity contribution in [3.8, 4) is 0 Å². The van der Waals surface area contributed by atoms with Crippen LogP contribution in [0.5, 0.6) is 0 Å². The first-order valence-electron chi connectivity index (χ1n) is 7.63. The number of carbonyl (C=O) groups is 1. The number of rotatable bonds is 5. The Labute approximate surface area is 137 Å². The van der Waals surface area contributed by atoms with E-state index in [1.54, 1.807) is 18.3 Å². The molecular formula is C19H23N3O. The van der Waals surface area contributed by atoms with Crippen LogP contribution in [0.4, 0.5) is 11.4 Å². The average molecular weight is 309 g/mol. The smallest absolute Gasteiger partial charge is 0.270 e. The van der Waals surface area contributed by atoms with Crippen molar-refractivity contribution >= 4 is 17.3 Å². The lowest BCUT2D eigenvalue weighted by molar-refractivity contribution is 0.0953. The standard InChI is InChI=1S/C19H23N3O/c1-5-12-20-18(23)17-11-10-14(13-21-17)22-16-9-7-6-8-15(16)19(2,3)4/h5-11,13,22H,1,12H2,2-4H3,(H,20,23). The maximum Gasteiger partial charge on any atom is 0.270 e. The van der Waals surface area contributed by atoms with Crippen molar-refractivity contribution in [3.05, 3.63) is 66.5 Å². The van der Waals surface area contributed by atoms with Crippen molar-refractivity contribution in [2.24, 2.45) is 0 Å². The number of para-hydroxylation sites is 1. The Balaban J connectivity index is 2.16. The van der Waals surface area contributed by atoms with E-state index in [1.165, 1.54) is 5.56 Å². The van der Waals surface area contributed by atoms with Gasteiger partial charge in [0, 0.05) is 12.2 Å².